The summed E-state index contributed by atoms with van der Waals surface area (Å²) in [4.78, 5) is 26.1. The smallest absolute Gasteiger partial charge is 0.357 e. The van der Waals surface area contributed by atoms with Crippen molar-refractivity contribution in [2.75, 3.05) is 48.5 Å². The lowest BCUT2D eigenvalue weighted by Gasteiger charge is -2.23. The second-order valence-corrected chi connectivity index (χ2v) is 9.95. The molecule has 4 rings (SSSR count). The highest BCUT2D eigenvalue weighted by Crippen LogP contribution is 2.42. The molecule has 1 amide bonds. The third-order valence-corrected chi connectivity index (χ3v) is 6.27. The molecule has 38 heavy (non-hydrogen) atoms. The molecule has 0 radical (unpaired) electrons. The minimum atomic E-state index is -1.31. The Bertz CT molecular complexity index is 1460. The number of carbonyl (C=O) groups is 2. The van der Waals surface area contributed by atoms with Gasteiger partial charge < -0.3 is 24.4 Å². The van der Waals surface area contributed by atoms with E-state index >= 15 is 0 Å². The number of carbonyl (C=O) groups excluding carboxylic acids is 1. The van der Waals surface area contributed by atoms with Gasteiger partial charge in [-0.2, -0.15) is 5.10 Å². The first kappa shape index (κ1) is 26.7. The highest BCUT2D eigenvalue weighted by molar-refractivity contribution is 6.09. The maximum atomic E-state index is 13.7. The number of methoxy groups -OCH3 is 2. The Morgan fingerprint density at radius 2 is 1.58 bits per heavy atom. The minimum absolute atomic E-state index is 0.0570. The van der Waals surface area contributed by atoms with Crippen LogP contribution < -0.4 is 14.8 Å². The van der Waals surface area contributed by atoms with E-state index in [0.29, 0.717) is 29.3 Å². The molecule has 0 atom stereocenters. The summed E-state index contributed by atoms with van der Waals surface area (Å²) in [6.45, 7) is 1.23. The van der Waals surface area contributed by atoms with Gasteiger partial charge in [-0.25, -0.2) is 9.48 Å². The average Bonchev–Trinajstić information content (AvgIpc) is 3.30. The number of carboxylic acid groups (broad SMARTS) is 1. The van der Waals surface area contributed by atoms with Crippen LogP contribution in [-0.4, -0.2) is 79.7 Å². The standard InChI is InChI=1S/C29H32N4O5/c1-33(2,3)18-10-17-30-28(34)25-26(29(35)36)31-32(21-14-8-12-19-11-6-7-13-20(19)21)27(25)24-22(37-4)15-9-16-23(24)38-5/h6-9,11-16H,10,17-18H2,1-5H3,(H-,30,34,35,36)/p+1. The molecular formula is C29H33N4O5+. The Balaban J connectivity index is 1.99. The highest BCUT2D eigenvalue weighted by Gasteiger charge is 2.33. The summed E-state index contributed by atoms with van der Waals surface area (Å²) in [5, 5.41) is 19.4. The summed E-state index contributed by atoms with van der Waals surface area (Å²) in [6.07, 6.45) is 0.725. The summed E-state index contributed by atoms with van der Waals surface area (Å²) >= 11 is 0. The van der Waals surface area contributed by atoms with E-state index in [-0.39, 0.29) is 17.0 Å². The number of carboxylic acids is 1. The largest absolute Gasteiger partial charge is 0.496 e. The van der Waals surface area contributed by atoms with Crippen LogP contribution in [0.4, 0.5) is 0 Å². The number of aromatic carboxylic acids is 1. The van der Waals surface area contributed by atoms with Gasteiger partial charge in [-0.05, 0) is 23.6 Å². The molecule has 0 aliphatic heterocycles. The molecule has 2 N–H and O–H groups in total. The SMILES string of the molecule is COc1cccc(OC)c1-c1c(C(=O)NCCC[N+](C)(C)C)c(C(=O)O)nn1-c1cccc2ccccc12. The number of quaternary nitrogens is 1. The molecule has 1 aromatic heterocycles. The fraction of sp³-hybridized carbons (Fsp3) is 0.276. The maximum absolute atomic E-state index is 13.7. The van der Waals surface area contributed by atoms with Crippen molar-refractivity contribution in [3.05, 3.63) is 71.9 Å². The van der Waals surface area contributed by atoms with E-state index in [4.69, 9.17) is 9.47 Å². The van der Waals surface area contributed by atoms with Gasteiger partial charge in [0.15, 0.2) is 5.69 Å². The predicted molar refractivity (Wildman–Crippen MR) is 146 cm³/mol. The Morgan fingerprint density at radius 1 is 0.947 bits per heavy atom. The van der Waals surface area contributed by atoms with Crippen molar-refractivity contribution >= 4 is 22.6 Å². The van der Waals surface area contributed by atoms with E-state index in [0.717, 1.165) is 28.2 Å². The van der Waals surface area contributed by atoms with Crippen LogP contribution in [0, 0.1) is 0 Å². The van der Waals surface area contributed by atoms with Gasteiger partial charge >= 0.3 is 5.97 Å². The number of nitrogens with one attached hydrogen (secondary N) is 1. The number of hydrogen-bond acceptors (Lipinski definition) is 5. The van der Waals surface area contributed by atoms with Gasteiger partial charge in [0.05, 0.1) is 58.9 Å². The minimum Gasteiger partial charge on any atom is -0.496 e. The third-order valence-electron chi connectivity index (χ3n) is 6.27. The molecule has 0 bridgehead atoms. The number of hydrogen-bond donors (Lipinski definition) is 2. The quantitative estimate of drug-likeness (QED) is 0.241. The second kappa shape index (κ2) is 10.9. The Hall–Kier alpha value is -4.37. The molecule has 0 saturated heterocycles. The molecule has 0 spiro atoms. The van der Waals surface area contributed by atoms with Crippen LogP contribution in [0.25, 0.3) is 27.7 Å². The van der Waals surface area contributed by atoms with Crippen molar-refractivity contribution in [2.45, 2.75) is 6.42 Å². The van der Waals surface area contributed by atoms with Crippen molar-refractivity contribution < 1.29 is 28.7 Å². The van der Waals surface area contributed by atoms with Crippen LogP contribution in [0.15, 0.2) is 60.7 Å². The molecule has 3 aromatic carbocycles. The van der Waals surface area contributed by atoms with Gasteiger partial charge in [-0.1, -0.05) is 42.5 Å². The number of benzene rings is 3. The zero-order valence-corrected chi connectivity index (χ0v) is 22.3. The normalized spacial score (nSPS) is 11.4. The van der Waals surface area contributed by atoms with Crippen LogP contribution in [0.3, 0.4) is 0 Å². The van der Waals surface area contributed by atoms with Gasteiger partial charge in [0.25, 0.3) is 5.91 Å². The van der Waals surface area contributed by atoms with Crippen molar-refractivity contribution in [3.63, 3.8) is 0 Å². The summed E-state index contributed by atoms with van der Waals surface area (Å²) in [7, 11) is 9.25. The lowest BCUT2D eigenvalue weighted by molar-refractivity contribution is -0.870. The topological polar surface area (TPSA) is 103 Å². The van der Waals surface area contributed by atoms with Crippen LogP contribution in [-0.2, 0) is 0 Å². The summed E-state index contributed by atoms with van der Waals surface area (Å²) < 4.78 is 13.6. The van der Waals surface area contributed by atoms with E-state index in [1.807, 2.05) is 42.5 Å². The number of amides is 1. The highest BCUT2D eigenvalue weighted by atomic mass is 16.5. The first-order chi connectivity index (χ1) is 18.2. The Morgan fingerprint density at radius 3 is 2.21 bits per heavy atom. The van der Waals surface area contributed by atoms with Gasteiger partial charge in [0, 0.05) is 18.4 Å². The van der Waals surface area contributed by atoms with Crippen molar-refractivity contribution in [3.8, 4) is 28.4 Å². The number of rotatable bonds is 10. The molecule has 0 aliphatic rings. The number of ether oxygens (including phenoxy) is 2. The Kier molecular flexibility index (Phi) is 7.68. The number of fused-ring (bicyclic) bond motifs is 1. The van der Waals surface area contributed by atoms with Crippen LogP contribution in [0.1, 0.15) is 27.3 Å². The average molecular weight is 518 g/mol. The molecule has 9 heteroatoms. The molecule has 0 fully saturated rings. The number of nitrogens with zero attached hydrogens (tertiary/aromatic N) is 3. The van der Waals surface area contributed by atoms with Crippen LogP contribution in [0.5, 0.6) is 11.5 Å². The van der Waals surface area contributed by atoms with Crippen molar-refractivity contribution in [2.24, 2.45) is 0 Å². The number of aromatic nitrogens is 2. The fourth-order valence-electron chi connectivity index (χ4n) is 4.51. The molecule has 1 heterocycles. The lowest BCUT2D eigenvalue weighted by atomic mass is 10.0. The molecule has 198 valence electrons. The Labute approximate surface area is 221 Å². The van der Waals surface area contributed by atoms with Crippen LogP contribution >= 0.6 is 0 Å². The van der Waals surface area contributed by atoms with Gasteiger partial charge in [0.2, 0.25) is 0 Å². The van der Waals surface area contributed by atoms with E-state index in [2.05, 4.69) is 31.6 Å². The zero-order chi connectivity index (χ0) is 27.4. The van der Waals surface area contributed by atoms with Gasteiger partial charge in [-0.3, -0.25) is 4.79 Å². The molecule has 0 aliphatic carbocycles. The monoisotopic (exact) mass is 517 g/mol. The summed E-state index contributed by atoms with van der Waals surface area (Å²) in [5.74, 6) is -1.00. The first-order valence-electron chi connectivity index (χ1n) is 12.3. The molecular weight excluding hydrogens is 484 g/mol. The predicted octanol–water partition coefficient (Wildman–Crippen LogP) is 4.23. The summed E-state index contributed by atoms with van der Waals surface area (Å²) in [6, 6.07) is 18.6. The molecule has 0 saturated carbocycles. The third kappa shape index (κ3) is 5.33. The van der Waals surface area contributed by atoms with E-state index in [1.165, 1.54) is 18.9 Å². The second-order valence-electron chi connectivity index (χ2n) is 9.95. The van der Waals surface area contributed by atoms with Gasteiger partial charge in [0.1, 0.15) is 17.1 Å². The zero-order valence-electron chi connectivity index (χ0n) is 22.3. The van der Waals surface area contributed by atoms with Crippen molar-refractivity contribution in [1.29, 1.82) is 0 Å². The van der Waals surface area contributed by atoms with E-state index in [9.17, 15) is 14.7 Å². The van der Waals surface area contributed by atoms with E-state index < -0.39 is 11.9 Å². The first-order valence-corrected chi connectivity index (χ1v) is 12.3. The fourth-order valence-corrected chi connectivity index (χ4v) is 4.51. The van der Waals surface area contributed by atoms with Gasteiger partial charge in [-0.15, -0.1) is 0 Å². The van der Waals surface area contributed by atoms with Crippen molar-refractivity contribution in [1.82, 2.24) is 15.1 Å². The molecule has 9 nitrogen and oxygen atoms in total. The molecule has 0 unspecified atom stereocenters. The summed E-state index contributed by atoms with van der Waals surface area (Å²) in [5.41, 5.74) is 0.917. The molecule has 4 aromatic rings. The van der Waals surface area contributed by atoms with Crippen LogP contribution in [0.2, 0.25) is 0 Å². The maximum Gasteiger partial charge on any atom is 0.357 e. The van der Waals surface area contributed by atoms with E-state index in [1.54, 1.807) is 18.2 Å². The lowest BCUT2D eigenvalue weighted by Crippen LogP contribution is -2.37.